The first kappa shape index (κ1) is 10.3. The largest absolute Gasteiger partial charge is 0.446 e. The molecule has 0 saturated carbocycles. The Hall–Kier alpha value is -1.23. The molecule has 1 heterocycles. The van der Waals surface area contributed by atoms with Crippen LogP contribution in [0.5, 0.6) is 0 Å². The summed E-state index contributed by atoms with van der Waals surface area (Å²) < 4.78 is 36.2. The van der Waals surface area contributed by atoms with Gasteiger partial charge in [0.2, 0.25) is 0 Å². The number of alkyl halides is 3. The van der Waals surface area contributed by atoms with E-state index >= 15 is 0 Å². The number of fused-ring (bicyclic) bond motifs is 1. The predicted octanol–water partition coefficient (Wildman–Crippen LogP) is 3.85. The molecule has 0 radical (unpaired) electrons. The van der Waals surface area contributed by atoms with Crippen LogP contribution in [0, 0.1) is 0 Å². The smallest absolute Gasteiger partial charge is 0.255 e. The van der Waals surface area contributed by atoms with E-state index in [0.717, 1.165) is 0 Å². The Kier molecular flexibility index (Phi) is 2.56. The van der Waals surface area contributed by atoms with E-state index in [9.17, 15) is 13.2 Å². The van der Waals surface area contributed by atoms with Crippen molar-refractivity contribution in [3.8, 4) is 0 Å². The summed E-state index contributed by atoms with van der Waals surface area (Å²) >= 11 is -0.147. The lowest BCUT2D eigenvalue weighted by molar-refractivity contribution is -0.0328. The van der Waals surface area contributed by atoms with E-state index in [0.29, 0.717) is 10.9 Å². The monoisotopic (exact) mass is 229 g/mol. The maximum atomic E-state index is 12.1. The Labute approximate surface area is 88.3 Å². The molecule has 2 aromatic rings. The van der Waals surface area contributed by atoms with Crippen molar-refractivity contribution in [2.24, 2.45) is 0 Å². The number of rotatable bonds is 1. The minimum atomic E-state index is -4.26. The van der Waals surface area contributed by atoms with Gasteiger partial charge in [0.15, 0.2) is 0 Å². The molecule has 2 rings (SSSR count). The molecular weight excluding hydrogens is 223 g/mol. The number of hydrogen-bond acceptors (Lipinski definition) is 2. The zero-order valence-corrected chi connectivity index (χ0v) is 8.27. The fourth-order valence-electron chi connectivity index (χ4n) is 1.24. The minimum absolute atomic E-state index is 0.112. The molecule has 0 N–H and O–H groups in total. The Morgan fingerprint density at radius 3 is 2.60 bits per heavy atom. The Balaban J connectivity index is 2.39. The van der Waals surface area contributed by atoms with Crippen molar-refractivity contribution in [3.05, 3.63) is 36.5 Å². The van der Waals surface area contributed by atoms with Gasteiger partial charge in [0.1, 0.15) is 0 Å². The van der Waals surface area contributed by atoms with E-state index in [1.807, 2.05) is 0 Å². The summed E-state index contributed by atoms with van der Waals surface area (Å²) in [6, 6.07) is 8.55. The van der Waals surface area contributed by atoms with Gasteiger partial charge in [-0.05, 0) is 23.9 Å². The second-order valence-electron chi connectivity index (χ2n) is 2.91. The number of halogens is 3. The minimum Gasteiger partial charge on any atom is -0.255 e. The average Bonchev–Trinajstić information content (AvgIpc) is 2.15. The first-order valence-electron chi connectivity index (χ1n) is 4.15. The van der Waals surface area contributed by atoms with Crippen LogP contribution < -0.4 is 0 Å². The Morgan fingerprint density at radius 2 is 1.87 bits per heavy atom. The van der Waals surface area contributed by atoms with Gasteiger partial charge in [-0.3, -0.25) is 4.98 Å². The quantitative estimate of drug-likeness (QED) is 0.689. The number of aromatic nitrogens is 1. The summed E-state index contributed by atoms with van der Waals surface area (Å²) in [6.45, 7) is 0. The second-order valence-corrected chi connectivity index (χ2v) is 4.05. The number of para-hydroxylation sites is 1. The summed E-state index contributed by atoms with van der Waals surface area (Å²) in [6.07, 6.45) is 1.24. The lowest BCUT2D eigenvalue weighted by Crippen LogP contribution is -1.99. The van der Waals surface area contributed by atoms with Gasteiger partial charge in [0, 0.05) is 16.5 Å². The van der Waals surface area contributed by atoms with Crippen LogP contribution in [0.3, 0.4) is 0 Å². The van der Waals surface area contributed by atoms with Gasteiger partial charge >= 0.3 is 5.51 Å². The third-order valence-corrected chi connectivity index (χ3v) is 2.49. The highest BCUT2D eigenvalue weighted by Crippen LogP contribution is 2.37. The van der Waals surface area contributed by atoms with Crippen molar-refractivity contribution in [2.75, 3.05) is 0 Å². The predicted molar refractivity (Wildman–Crippen MR) is 53.7 cm³/mol. The zero-order chi connectivity index (χ0) is 10.9. The molecule has 0 saturated heterocycles. The summed E-state index contributed by atoms with van der Waals surface area (Å²) in [7, 11) is 0. The highest BCUT2D eigenvalue weighted by atomic mass is 32.2. The Morgan fingerprint density at radius 1 is 1.13 bits per heavy atom. The van der Waals surface area contributed by atoms with Crippen molar-refractivity contribution in [2.45, 2.75) is 10.4 Å². The molecule has 15 heavy (non-hydrogen) atoms. The SMILES string of the molecule is FC(F)(F)Sc1cnc2ccccc2c1. The third kappa shape index (κ3) is 2.62. The molecule has 0 aliphatic carbocycles. The number of benzene rings is 1. The average molecular weight is 229 g/mol. The first-order valence-corrected chi connectivity index (χ1v) is 4.97. The fourth-order valence-corrected chi connectivity index (χ4v) is 1.80. The first-order chi connectivity index (χ1) is 7.04. The standard InChI is InChI=1S/C10H6F3NS/c11-10(12,13)15-8-5-7-3-1-2-4-9(7)14-6-8/h1-6H. The van der Waals surface area contributed by atoms with E-state index < -0.39 is 5.51 Å². The van der Waals surface area contributed by atoms with Gasteiger partial charge in [-0.25, -0.2) is 0 Å². The summed E-state index contributed by atoms with van der Waals surface area (Å²) in [5.74, 6) is 0. The van der Waals surface area contributed by atoms with Crippen LogP contribution >= 0.6 is 11.8 Å². The van der Waals surface area contributed by atoms with Crippen LogP contribution in [0.25, 0.3) is 10.9 Å². The number of hydrogen-bond donors (Lipinski definition) is 0. The molecule has 78 valence electrons. The van der Waals surface area contributed by atoms with Crippen molar-refractivity contribution in [1.29, 1.82) is 0 Å². The fraction of sp³-hybridized carbons (Fsp3) is 0.100. The van der Waals surface area contributed by atoms with Crippen LogP contribution in [0.2, 0.25) is 0 Å². The Bertz CT molecular complexity index is 481. The van der Waals surface area contributed by atoms with Crippen molar-refractivity contribution < 1.29 is 13.2 Å². The molecule has 0 aliphatic heterocycles. The van der Waals surface area contributed by atoms with E-state index in [-0.39, 0.29) is 16.7 Å². The lowest BCUT2D eigenvalue weighted by Gasteiger charge is -2.05. The number of thioether (sulfide) groups is 1. The summed E-state index contributed by atoms with van der Waals surface area (Å²) in [5.41, 5.74) is -3.56. The van der Waals surface area contributed by atoms with Crippen molar-refractivity contribution in [3.63, 3.8) is 0 Å². The molecule has 0 aliphatic rings. The van der Waals surface area contributed by atoms with Crippen LogP contribution in [0.15, 0.2) is 41.4 Å². The molecule has 0 fully saturated rings. The molecule has 0 atom stereocenters. The number of pyridine rings is 1. The zero-order valence-electron chi connectivity index (χ0n) is 7.45. The van der Waals surface area contributed by atoms with Gasteiger partial charge in [0.05, 0.1) is 5.52 Å². The number of nitrogens with zero attached hydrogens (tertiary/aromatic N) is 1. The topological polar surface area (TPSA) is 12.9 Å². The van der Waals surface area contributed by atoms with E-state index in [1.165, 1.54) is 12.3 Å². The molecule has 1 aromatic carbocycles. The molecule has 0 spiro atoms. The molecular formula is C10H6F3NS. The van der Waals surface area contributed by atoms with Crippen molar-refractivity contribution >= 4 is 22.7 Å². The molecule has 0 amide bonds. The van der Waals surface area contributed by atoms with Gasteiger partial charge in [0.25, 0.3) is 0 Å². The van der Waals surface area contributed by atoms with Gasteiger partial charge in [-0.2, -0.15) is 13.2 Å². The maximum Gasteiger partial charge on any atom is 0.446 e. The maximum absolute atomic E-state index is 12.1. The molecule has 0 bridgehead atoms. The van der Waals surface area contributed by atoms with E-state index in [1.54, 1.807) is 24.3 Å². The van der Waals surface area contributed by atoms with Crippen LogP contribution in [-0.2, 0) is 0 Å². The molecule has 1 nitrogen and oxygen atoms in total. The van der Waals surface area contributed by atoms with Crippen LogP contribution in [0.4, 0.5) is 13.2 Å². The van der Waals surface area contributed by atoms with Gasteiger partial charge in [-0.1, -0.05) is 18.2 Å². The highest BCUT2D eigenvalue weighted by Gasteiger charge is 2.29. The summed E-state index contributed by atoms with van der Waals surface area (Å²) in [5, 5.41) is 0.715. The van der Waals surface area contributed by atoms with Crippen LogP contribution in [-0.4, -0.2) is 10.5 Å². The van der Waals surface area contributed by atoms with Gasteiger partial charge in [-0.15, -0.1) is 0 Å². The lowest BCUT2D eigenvalue weighted by atomic mass is 10.2. The van der Waals surface area contributed by atoms with Crippen LogP contribution in [0.1, 0.15) is 0 Å². The molecule has 1 aromatic heterocycles. The van der Waals surface area contributed by atoms with Gasteiger partial charge < -0.3 is 0 Å². The molecule has 5 heteroatoms. The second kappa shape index (κ2) is 3.73. The van der Waals surface area contributed by atoms with Crippen molar-refractivity contribution in [1.82, 2.24) is 4.98 Å². The normalized spacial score (nSPS) is 11.9. The van der Waals surface area contributed by atoms with E-state index in [4.69, 9.17) is 0 Å². The third-order valence-electron chi connectivity index (χ3n) is 1.80. The summed E-state index contributed by atoms with van der Waals surface area (Å²) in [4.78, 5) is 4.06. The molecule has 0 unspecified atom stereocenters. The highest BCUT2D eigenvalue weighted by molar-refractivity contribution is 8.00. The van der Waals surface area contributed by atoms with E-state index in [2.05, 4.69) is 4.98 Å².